The first-order valence-corrected chi connectivity index (χ1v) is 11.5. The maximum atomic E-state index is 2.77. The summed E-state index contributed by atoms with van der Waals surface area (Å²) < 4.78 is 2.46. The summed E-state index contributed by atoms with van der Waals surface area (Å²) in [5, 5.41) is 0. The van der Waals surface area contributed by atoms with E-state index in [9.17, 15) is 0 Å². The second-order valence-electron chi connectivity index (χ2n) is 9.22. The van der Waals surface area contributed by atoms with E-state index in [0.29, 0.717) is 5.54 Å². The minimum atomic E-state index is 0.348. The molecule has 0 atom stereocenters. The van der Waals surface area contributed by atoms with Crippen LogP contribution < -0.4 is 0 Å². The topological polar surface area (TPSA) is 13.0 Å². The third-order valence-electron chi connectivity index (χ3n) is 6.83. The molecule has 4 nitrogen and oxygen atoms in total. The van der Waals surface area contributed by atoms with Gasteiger partial charge in [-0.25, -0.2) is 3.11 Å². The maximum absolute atomic E-state index is 2.77. The first-order chi connectivity index (χ1) is 12.0. The van der Waals surface area contributed by atoms with Gasteiger partial charge in [0, 0.05) is 74.2 Å². The van der Waals surface area contributed by atoms with Gasteiger partial charge >= 0.3 is 0 Å². The summed E-state index contributed by atoms with van der Waals surface area (Å²) in [5.41, 5.74) is 0.348. The summed E-state index contributed by atoms with van der Waals surface area (Å²) in [4.78, 5) is 8.17. The van der Waals surface area contributed by atoms with Crippen molar-refractivity contribution in [2.45, 2.75) is 52.0 Å². The van der Waals surface area contributed by atoms with Gasteiger partial charge in [-0.3, -0.25) is 9.80 Å². The summed E-state index contributed by atoms with van der Waals surface area (Å²) >= 11 is 2.48. The molecule has 3 rings (SSSR count). The molecular formula is C20H39IN4. The second kappa shape index (κ2) is 9.18. The van der Waals surface area contributed by atoms with Crippen LogP contribution in [0.1, 0.15) is 46.5 Å². The summed E-state index contributed by atoms with van der Waals surface area (Å²) in [6.45, 7) is 20.1. The van der Waals surface area contributed by atoms with E-state index in [-0.39, 0.29) is 0 Å². The normalized spacial score (nSPS) is 29.3. The van der Waals surface area contributed by atoms with E-state index in [1.807, 2.05) is 0 Å². The summed E-state index contributed by atoms with van der Waals surface area (Å²) in [5.74, 6) is 1.88. The van der Waals surface area contributed by atoms with Crippen LogP contribution in [0.4, 0.5) is 0 Å². The highest BCUT2D eigenvalue weighted by atomic mass is 127. The van der Waals surface area contributed by atoms with Crippen LogP contribution in [0.25, 0.3) is 0 Å². The van der Waals surface area contributed by atoms with E-state index in [1.54, 1.807) is 0 Å². The van der Waals surface area contributed by atoms with Crippen molar-refractivity contribution < 1.29 is 0 Å². The van der Waals surface area contributed by atoms with Gasteiger partial charge in [-0.15, -0.1) is 0 Å². The molecule has 0 N–H and O–H groups in total. The van der Waals surface area contributed by atoms with Gasteiger partial charge in [-0.2, -0.15) is 0 Å². The zero-order valence-corrected chi connectivity index (χ0v) is 18.9. The molecule has 3 fully saturated rings. The lowest BCUT2D eigenvalue weighted by atomic mass is 9.92. The van der Waals surface area contributed by atoms with E-state index in [0.717, 1.165) is 11.8 Å². The largest absolute Gasteiger partial charge is 0.303 e. The predicted octanol–water partition coefficient (Wildman–Crippen LogP) is 3.18. The lowest BCUT2D eigenvalue weighted by Gasteiger charge is -2.48. The lowest BCUT2D eigenvalue weighted by molar-refractivity contribution is 0.0109. The van der Waals surface area contributed by atoms with Crippen molar-refractivity contribution >= 4 is 22.9 Å². The van der Waals surface area contributed by atoms with Crippen LogP contribution >= 0.6 is 22.9 Å². The third kappa shape index (κ3) is 5.77. The highest BCUT2D eigenvalue weighted by Gasteiger charge is 2.34. The highest BCUT2D eigenvalue weighted by Crippen LogP contribution is 2.26. The van der Waals surface area contributed by atoms with Crippen molar-refractivity contribution in [3.05, 3.63) is 0 Å². The molecule has 0 amide bonds. The lowest BCUT2D eigenvalue weighted by Crippen LogP contribution is -2.59. The fourth-order valence-electron chi connectivity index (χ4n) is 5.20. The van der Waals surface area contributed by atoms with Crippen molar-refractivity contribution in [1.82, 2.24) is 17.8 Å². The molecule has 0 aromatic carbocycles. The van der Waals surface area contributed by atoms with Gasteiger partial charge in [0.1, 0.15) is 0 Å². The van der Waals surface area contributed by atoms with Crippen molar-refractivity contribution in [2.24, 2.45) is 11.8 Å². The minimum absolute atomic E-state index is 0.348. The van der Waals surface area contributed by atoms with Gasteiger partial charge in [-0.05, 0) is 71.0 Å². The molecule has 0 spiro atoms. The molecular weight excluding hydrogens is 423 g/mol. The standard InChI is InChI=1S/C20H39IN4/c1-4-24-14-13-23(17-20(24,2)3)16-18-5-9-22(10-6-18)15-19-7-11-25(21)12-8-19/h18-19H,4-17H2,1-3H3. The van der Waals surface area contributed by atoms with Crippen LogP contribution in [0.3, 0.4) is 0 Å². The summed E-state index contributed by atoms with van der Waals surface area (Å²) in [7, 11) is 0. The van der Waals surface area contributed by atoms with Crippen molar-refractivity contribution in [2.75, 3.05) is 65.4 Å². The Morgan fingerprint density at radius 2 is 1.36 bits per heavy atom. The Morgan fingerprint density at radius 1 is 0.800 bits per heavy atom. The van der Waals surface area contributed by atoms with Crippen LogP contribution in [0.2, 0.25) is 0 Å². The SMILES string of the molecule is CCN1CCN(CC2CCN(CC3CCN(I)CC3)CC2)CC1(C)C. The van der Waals surface area contributed by atoms with Gasteiger partial charge in [0.2, 0.25) is 0 Å². The molecule has 0 radical (unpaired) electrons. The number of likely N-dealkylation sites (tertiary alicyclic amines) is 1. The number of likely N-dealkylation sites (N-methyl/N-ethyl adjacent to an activating group) is 1. The summed E-state index contributed by atoms with van der Waals surface area (Å²) in [6.07, 6.45) is 5.64. The molecule has 3 aliphatic heterocycles. The van der Waals surface area contributed by atoms with Crippen LogP contribution in [-0.2, 0) is 0 Å². The van der Waals surface area contributed by atoms with E-state index in [4.69, 9.17) is 0 Å². The Labute approximate surface area is 169 Å². The van der Waals surface area contributed by atoms with E-state index >= 15 is 0 Å². The first kappa shape index (κ1) is 20.3. The molecule has 0 aromatic rings. The number of rotatable bonds is 5. The molecule has 0 bridgehead atoms. The number of hydrogen-bond donors (Lipinski definition) is 0. The average Bonchev–Trinajstić information content (AvgIpc) is 2.58. The number of halogens is 1. The zero-order valence-electron chi connectivity index (χ0n) is 16.7. The highest BCUT2D eigenvalue weighted by molar-refractivity contribution is 14.1. The number of piperidine rings is 2. The van der Waals surface area contributed by atoms with Crippen LogP contribution in [0.15, 0.2) is 0 Å². The van der Waals surface area contributed by atoms with Gasteiger partial charge in [0.15, 0.2) is 0 Å². The number of nitrogens with zero attached hydrogens (tertiary/aromatic N) is 4. The van der Waals surface area contributed by atoms with Crippen LogP contribution in [0.5, 0.6) is 0 Å². The second-order valence-corrected chi connectivity index (χ2v) is 10.6. The van der Waals surface area contributed by atoms with Crippen molar-refractivity contribution in [1.29, 1.82) is 0 Å². The van der Waals surface area contributed by atoms with Crippen molar-refractivity contribution in [3.63, 3.8) is 0 Å². The Kier molecular flexibility index (Phi) is 7.45. The Bertz CT molecular complexity index is 401. The van der Waals surface area contributed by atoms with E-state index in [2.05, 4.69) is 61.4 Å². The number of hydrogen-bond acceptors (Lipinski definition) is 4. The predicted molar refractivity (Wildman–Crippen MR) is 115 cm³/mol. The smallest absolute Gasteiger partial charge is 0.0280 e. The van der Waals surface area contributed by atoms with Crippen molar-refractivity contribution in [3.8, 4) is 0 Å². The molecule has 0 aromatic heterocycles. The van der Waals surface area contributed by atoms with Crippen LogP contribution in [-0.4, -0.2) is 88.8 Å². The first-order valence-electron chi connectivity index (χ1n) is 10.6. The molecule has 146 valence electrons. The van der Waals surface area contributed by atoms with Gasteiger partial charge in [-0.1, -0.05) is 6.92 Å². The van der Waals surface area contributed by atoms with Gasteiger partial charge < -0.3 is 4.90 Å². The molecule has 0 unspecified atom stereocenters. The molecule has 0 aliphatic carbocycles. The Morgan fingerprint density at radius 3 is 1.92 bits per heavy atom. The zero-order chi connectivity index (χ0) is 17.9. The van der Waals surface area contributed by atoms with E-state index < -0.39 is 0 Å². The van der Waals surface area contributed by atoms with Gasteiger partial charge in [0.25, 0.3) is 0 Å². The Balaban J connectivity index is 1.37. The molecule has 5 heteroatoms. The van der Waals surface area contributed by atoms with E-state index in [1.165, 1.54) is 91.1 Å². The molecule has 3 saturated heterocycles. The monoisotopic (exact) mass is 462 g/mol. The molecule has 3 aliphatic rings. The Hall–Kier alpha value is 0.570. The third-order valence-corrected chi connectivity index (χ3v) is 7.80. The minimum Gasteiger partial charge on any atom is -0.303 e. The number of piperazine rings is 1. The molecule has 3 heterocycles. The molecule has 25 heavy (non-hydrogen) atoms. The summed E-state index contributed by atoms with van der Waals surface area (Å²) in [6, 6.07) is 0. The molecule has 0 saturated carbocycles. The van der Waals surface area contributed by atoms with Crippen LogP contribution in [0, 0.1) is 11.8 Å². The fourth-order valence-corrected chi connectivity index (χ4v) is 5.76. The quantitative estimate of drug-likeness (QED) is 0.460. The van der Waals surface area contributed by atoms with Gasteiger partial charge in [0.05, 0.1) is 0 Å². The maximum Gasteiger partial charge on any atom is 0.0280 e. The fraction of sp³-hybridized carbons (Fsp3) is 1.00. The average molecular weight is 462 g/mol.